The van der Waals surface area contributed by atoms with E-state index in [1.807, 2.05) is 18.2 Å². The van der Waals surface area contributed by atoms with E-state index in [1.165, 1.54) is 11.6 Å². The van der Waals surface area contributed by atoms with E-state index < -0.39 is 17.7 Å². The van der Waals surface area contributed by atoms with Crippen molar-refractivity contribution in [2.24, 2.45) is 0 Å². The molecule has 2 aromatic rings. The van der Waals surface area contributed by atoms with Crippen molar-refractivity contribution in [1.82, 2.24) is 5.32 Å². The van der Waals surface area contributed by atoms with Gasteiger partial charge in [-0.1, -0.05) is 30.3 Å². The highest BCUT2D eigenvalue weighted by Gasteiger charge is 2.22. The Hall–Kier alpha value is -3.35. The third kappa shape index (κ3) is 6.57. The number of benzene rings is 2. The Morgan fingerprint density at radius 3 is 2.61 bits per heavy atom. The molecule has 0 spiro atoms. The first-order valence-corrected chi connectivity index (χ1v) is 10.4. The summed E-state index contributed by atoms with van der Waals surface area (Å²) in [5, 5.41) is 5.53. The summed E-state index contributed by atoms with van der Waals surface area (Å²) in [5.41, 5.74) is 2.35. The highest BCUT2D eigenvalue weighted by atomic mass is 16.6. The zero-order valence-corrected chi connectivity index (χ0v) is 18.1. The van der Waals surface area contributed by atoms with E-state index in [0.29, 0.717) is 5.69 Å². The van der Waals surface area contributed by atoms with Crippen LogP contribution in [0.3, 0.4) is 0 Å². The quantitative estimate of drug-likeness (QED) is 0.695. The van der Waals surface area contributed by atoms with E-state index in [4.69, 9.17) is 9.47 Å². The monoisotopic (exact) mass is 424 g/mol. The minimum absolute atomic E-state index is 0.0718. The van der Waals surface area contributed by atoms with Crippen molar-refractivity contribution in [3.63, 3.8) is 0 Å². The van der Waals surface area contributed by atoms with Crippen molar-refractivity contribution in [3.8, 4) is 0 Å². The second kappa shape index (κ2) is 9.64. The highest BCUT2D eigenvalue weighted by molar-refractivity contribution is 5.93. The number of carbonyl (C=O) groups excluding carboxylic acids is 3. The number of esters is 1. The predicted octanol–water partition coefficient (Wildman–Crippen LogP) is 4.38. The minimum Gasteiger partial charge on any atom is -0.452 e. The molecule has 0 aliphatic heterocycles. The van der Waals surface area contributed by atoms with Gasteiger partial charge in [-0.2, -0.15) is 0 Å². The Kier molecular flexibility index (Phi) is 6.95. The molecule has 0 aromatic heterocycles. The maximum atomic E-state index is 12.4. The first-order valence-electron chi connectivity index (χ1n) is 10.4. The van der Waals surface area contributed by atoms with Gasteiger partial charge >= 0.3 is 12.1 Å². The summed E-state index contributed by atoms with van der Waals surface area (Å²) in [6.45, 7) is 4.91. The second-order valence-corrected chi connectivity index (χ2v) is 8.49. The van der Waals surface area contributed by atoms with Gasteiger partial charge in [0.15, 0.2) is 6.61 Å². The van der Waals surface area contributed by atoms with Crippen LogP contribution in [0.4, 0.5) is 10.5 Å². The second-order valence-electron chi connectivity index (χ2n) is 8.49. The lowest BCUT2D eigenvalue weighted by molar-refractivity contribution is -0.125. The first kappa shape index (κ1) is 22.3. The lowest BCUT2D eigenvalue weighted by Crippen LogP contribution is -2.34. The van der Waals surface area contributed by atoms with Crippen molar-refractivity contribution in [2.45, 2.75) is 51.7 Å². The molecule has 7 nitrogen and oxygen atoms in total. The number of nitrogens with one attached hydrogen (secondary N) is 2. The Morgan fingerprint density at radius 2 is 1.84 bits per heavy atom. The van der Waals surface area contributed by atoms with Crippen LogP contribution in [-0.2, 0) is 20.7 Å². The van der Waals surface area contributed by atoms with E-state index in [-0.39, 0.29) is 24.1 Å². The summed E-state index contributed by atoms with van der Waals surface area (Å²) < 4.78 is 10.4. The number of hydrogen-bond acceptors (Lipinski definition) is 5. The number of fused-ring (bicyclic) bond motifs is 1. The van der Waals surface area contributed by atoms with Gasteiger partial charge < -0.3 is 14.8 Å². The molecule has 0 saturated heterocycles. The van der Waals surface area contributed by atoms with Crippen molar-refractivity contribution >= 4 is 23.7 Å². The van der Waals surface area contributed by atoms with Gasteiger partial charge in [0.05, 0.1) is 11.6 Å². The molecule has 0 saturated carbocycles. The SMILES string of the molecule is CC(C)(C)OC(=O)Nc1cccc(C(=O)OCC(=O)N[C@H]2CCCc3ccccc32)c1. The van der Waals surface area contributed by atoms with Crippen molar-refractivity contribution in [3.05, 3.63) is 65.2 Å². The number of aryl methyl sites for hydroxylation is 1. The fourth-order valence-electron chi connectivity index (χ4n) is 3.50. The number of rotatable bonds is 5. The minimum atomic E-state index is -0.646. The molecule has 1 atom stereocenters. The lowest BCUT2D eigenvalue weighted by atomic mass is 9.88. The van der Waals surface area contributed by atoms with Crippen LogP contribution in [-0.4, -0.2) is 30.2 Å². The molecule has 1 aliphatic rings. The van der Waals surface area contributed by atoms with Gasteiger partial charge in [-0.25, -0.2) is 9.59 Å². The molecule has 3 rings (SSSR count). The molecule has 2 N–H and O–H groups in total. The number of anilines is 1. The van der Waals surface area contributed by atoms with Crippen LogP contribution in [0.2, 0.25) is 0 Å². The molecule has 164 valence electrons. The number of hydrogen-bond donors (Lipinski definition) is 2. The molecular weight excluding hydrogens is 396 g/mol. The Labute approximate surface area is 182 Å². The summed E-state index contributed by atoms with van der Waals surface area (Å²) in [6.07, 6.45) is 2.24. The van der Waals surface area contributed by atoms with Crippen LogP contribution in [0.1, 0.15) is 61.1 Å². The summed E-state index contributed by atoms with van der Waals surface area (Å²) in [7, 11) is 0. The predicted molar refractivity (Wildman–Crippen MR) is 117 cm³/mol. The van der Waals surface area contributed by atoms with E-state index >= 15 is 0 Å². The zero-order valence-electron chi connectivity index (χ0n) is 18.1. The van der Waals surface area contributed by atoms with Gasteiger partial charge in [-0.05, 0) is 69.4 Å². The fourth-order valence-corrected chi connectivity index (χ4v) is 3.50. The fraction of sp³-hybridized carbons (Fsp3) is 0.375. The molecule has 0 bridgehead atoms. The van der Waals surface area contributed by atoms with Gasteiger partial charge in [0.25, 0.3) is 5.91 Å². The maximum absolute atomic E-state index is 12.4. The zero-order chi connectivity index (χ0) is 22.4. The smallest absolute Gasteiger partial charge is 0.412 e. The third-order valence-corrected chi connectivity index (χ3v) is 4.78. The molecule has 0 heterocycles. The number of amides is 2. The van der Waals surface area contributed by atoms with E-state index in [9.17, 15) is 14.4 Å². The van der Waals surface area contributed by atoms with Gasteiger partial charge in [0, 0.05) is 5.69 Å². The standard InChI is InChI=1S/C24H28N2O5/c1-24(2,3)31-23(29)25-18-11-6-10-17(14-18)22(28)30-15-21(27)26-20-13-7-9-16-8-4-5-12-19(16)20/h4-6,8,10-12,14,20H,7,9,13,15H2,1-3H3,(H,25,29)(H,26,27)/t20-/m0/s1. The summed E-state index contributed by atoms with van der Waals surface area (Å²) in [5.74, 6) is -0.995. The molecular formula is C24H28N2O5. The topological polar surface area (TPSA) is 93.7 Å². The average Bonchev–Trinajstić information content (AvgIpc) is 2.71. The van der Waals surface area contributed by atoms with Crippen molar-refractivity contribution in [2.75, 3.05) is 11.9 Å². The number of carbonyl (C=O) groups is 3. The molecule has 7 heteroatoms. The van der Waals surface area contributed by atoms with Crippen LogP contribution < -0.4 is 10.6 Å². The summed E-state index contributed by atoms with van der Waals surface area (Å²) >= 11 is 0. The van der Waals surface area contributed by atoms with Gasteiger partial charge in [-0.3, -0.25) is 10.1 Å². The average molecular weight is 424 g/mol. The van der Waals surface area contributed by atoms with Crippen LogP contribution in [0, 0.1) is 0 Å². The molecule has 31 heavy (non-hydrogen) atoms. The molecule has 0 fully saturated rings. The molecule has 1 aliphatic carbocycles. The maximum Gasteiger partial charge on any atom is 0.412 e. The number of ether oxygens (including phenoxy) is 2. The third-order valence-electron chi connectivity index (χ3n) is 4.78. The molecule has 2 amide bonds. The van der Waals surface area contributed by atoms with Gasteiger partial charge in [-0.15, -0.1) is 0 Å². The highest BCUT2D eigenvalue weighted by Crippen LogP contribution is 2.29. The van der Waals surface area contributed by atoms with Crippen LogP contribution in [0.25, 0.3) is 0 Å². The van der Waals surface area contributed by atoms with Crippen molar-refractivity contribution in [1.29, 1.82) is 0 Å². The first-order chi connectivity index (χ1) is 14.7. The summed E-state index contributed by atoms with van der Waals surface area (Å²) in [6, 6.07) is 14.3. The Bertz CT molecular complexity index is 964. The molecule has 0 radical (unpaired) electrons. The molecule has 2 aromatic carbocycles. The van der Waals surface area contributed by atoms with Crippen LogP contribution in [0.5, 0.6) is 0 Å². The Balaban J connectivity index is 1.53. The lowest BCUT2D eigenvalue weighted by Gasteiger charge is -2.26. The van der Waals surface area contributed by atoms with E-state index in [1.54, 1.807) is 39.0 Å². The summed E-state index contributed by atoms with van der Waals surface area (Å²) in [4.78, 5) is 36.6. The van der Waals surface area contributed by atoms with Crippen molar-refractivity contribution < 1.29 is 23.9 Å². The van der Waals surface area contributed by atoms with Gasteiger partial charge in [0.1, 0.15) is 5.60 Å². The van der Waals surface area contributed by atoms with Crippen LogP contribution in [0.15, 0.2) is 48.5 Å². The molecule has 0 unspecified atom stereocenters. The largest absolute Gasteiger partial charge is 0.452 e. The Morgan fingerprint density at radius 1 is 1.06 bits per heavy atom. The van der Waals surface area contributed by atoms with E-state index in [0.717, 1.165) is 24.8 Å². The normalized spacial score (nSPS) is 15.4. The van der Waals surface area contributed by atoms with Gasteiger partial charge in [0.2, 0.25) is 0 Å². The van der Waals surface area contributed by atoms with Crippen LogP contribution >= 0.6 is 0 Å². The van der Waals surface area contributed by atoms with E-state index in [2.05, 4.69) is 16.7 Å².